The Morgan fingerprint density at radius 2 is 2.50 bits per heavy atom. The first-order chi connectivity index (χ1) is 2.91. The van der Waals surface area contributed by atoms with Crippen LogP contribution in [0, 0.1) is 11.8 Å². The third-order valence-corrected chi connectivity index (χ3v) is 0.571. The summed E-state index contributed by atoms with van der Waals surface area (Å²) in [6.07, 6.45) is 0. The van der Waals surface area contributed by atoms with E-state index in [0.717, 1.165) is 6.54 Å². The van der Waals surface area contributed by atoms with E-state index in [1.54, 1.807) is 0 Å². The van der Waals surface area contributed by atoms with E-state index in [4.69, 9.17) is 0 Å². The predicted molar refractivity (Wildman–Crippen MR) is 31.2 cm³/mol. The lowest BCUT2D eigenvalue weighted by molar-refractivity contribution is 1.16. The average Bonchev–Trinajstić information content (AvgIpc) is 1.61. The van der Waals surface area contributed by atoms with Crippen LogP contribution in [0.15, 0.2) is 0 Å². The molecule has 0 fully saturated rings. The molecule has 1 unspecified atom stereocenters. The van der Waals surface area contributed by atoms with Gasteiger partial charge in [-0.2, -0.15) is 0 Å². The molecule has 0 aliphatic rings. The SMILES string of the molecule is CC#CCNP. The number of hydrogen-bond acceptors (Lipinski definition) is 1. The molecule has 1 N–H and O–H groups in total. The molecule has 0 heterocycles. The van der Waals surface area contributed by atoms with Crippen LogP contribution >= 0.6 is 9.39 Å². The van der Waals surface area contributed by atoms with Gasteiger partial charge in [-0.15, -0.1) is 5.92 Å². The van der Waals surface area contributed by atoms with Crippen LogP contribution in [-0.2, 0) is 0 Å². The minimum atomic E-state index is 0.765. The molecule has 0 amide bonds. The molecule has 0 bridgehead atoms. The van der Waals surface area contributed by atoms with Crippen LogP contribution in [0.2, 0.25) is 0 Å². The molecule has 0 aromatic heterocycles. The molecule has 34 valence electrons. The minimum Gasteiger partial charge on any atom is -0.290 e. The number of rotatable bonds is 1. The van der Waals surface area contributed by atoms with Crippen molar-refractivity contribution in [2.45, 2.75) is 6.92 Å². The summed E-state index contributed by atoms with van der Waals surface area (Å²) < 4.78 is 0. The van der Waals surface area contributed by atoms with Crippen LogP contribution in [0.25, 0.3) is 0 Å². The topological polar surface area (TPSA) is 12.0 Å². The van der Waals surface area contributed by atoms with E-state index in [0.29, 0.717) is 0 Å². The molecule has 2 heteroatoms. The Kier molecular flexibility index (Phi) is 4.91. The molecule has 0 aliphatic carbocycles. The molecule has 0 aliphatic heterocycles. The summed E-state index contributed by atoms with van der Waals surface area (Å²) in [6, 6.07) is 0. The largest absolute Gasteiger partial charge is 0.290 e. The molecule has 0 spiro atoms. The summed E-state index contributed by atoms with van der Waals surface area (Å²) in [5.74, 6) is 5.56. The van der Waals surface area contributed by atoms with Gasteiger partial charge in [0, 0.05) is 0 Å². The van der Waals surface area contributed by atoms with E-state index in [1.807, 2.05) is 6.92 Å². The van der Waals surface area contributed by atoms with E-state index in [9.17, 15) is 0 Å². The molecule has 0 radical (unpaired) electrons. The van der Waals surface area contributed by atoms with Gasteiger partial charge in [-0.05, 0) is 6.92 Å². The lowest BCUT2D eigenvalue weighted by Crippen LogP contribution is -1.94. The summed E-state index contributed by atoms with van der Waals surface area (Å²) in [7, 11) is 2.38. The van der Waals surface area contributed by atoms with Crippen LogP contribution in [0.4, 0.5) is 0 Å². The predicted octanol–water partition coefficient (Wildman–Crippen LogP) is 0.389. The first-order valence-electron chi connectivity index (χ1n) is 1.75. The molecule has 1 nitrogen and oxygen atoms in total. The fraction of sp³-hybridized carbons (Fsp3) is 0.500. The third kappa shape index (κ3) is 3.95. The maximum atomic E-state index is 2.82. The molecular formula is C4H8NP. The highest BCUT2D eigenvalue weighted by atomic mass is 31.0. The molecule has 0 rings (SSSR count). The fourth-order valence-corrected chi connectivity index (χ4v) is 0.241. The maximum Gasteiger partial charge on any atom is 0.0605 e. The fourth-order valence-electron chi connectivity index (χ4n) is 0.139. The van der Waals surface area contributed by atoms with Gasteiger partial charge in [-0.25, -0.2) is 0 Å². The van der Waals surface area contributed by atoms with Crippen molar-refractivity contribution in [2.75, 3.05) is 6.54 Å². The molecule has 0 aromatic carbocycles. The molecular weight excluding hydrogens is 93.0 g/mol. The van der Waals surface area contributed by atoms with E-state index in [2.05, 4.69) is 26.3 Å². The van der Waals surface area contributed by atoms with Crippen molar-refractivity contribution >= 4 is 9.39 Å². The van der Waals surface area contributed by atoms with Crippen molar-refractivity contribution in [3.63, 3.8) is 0 Å². The van der Waals surface area contributed by atoms with Crippen molar-refractivity contribution in [2.24, 2.45) is 0 Å². The lowest BCUT2D eigenvalue weighted by Gasteiger charge is -1.77. The van der Waals surface area contributed by atoms with Gasteiger partial charge in [-0.1, -0.05) is 15.3 Å². The van der Waals surface area contributed by atoms with Crippen LogP contribution in [-0.4, -0.2) is 6.54 Å². The Hall–Kier alpha value is -0.0500. The first kappa shape index (κ1) is 5.95. The van der Waals surface area contributed by atoms with Gasteiger partial charge in [0.05, 0.1) is 6.54 Å². The molecule has 0 saturated heterocycles. The second-order valence-corrected chi connectivity index (χ2v) is 1.22. The normalized spacial score (nSPS) is 6.33. The molecule has 1 atom stereocenters. The van der Waals surface area contributed by atoms with Crippen molar-refractivity contribution in [3.8, 4) is 11.8 Å². The summed E-state index contributed by atoms with van der Waals surface area (Å²) in [6.45, 7) is 2.59. The van der Waals surface area contributed by atoms with Gasteiger partial charge < -0.3 is 0 Å². The Morgan fingerprint density at radius 3 is 2.67 bits per heavy atom. The second kappa shape index (κ2) is 4.95. The van der Waals surface area contributed by atoms with Crippen LogP contribution in [0.3, 0.4) is 0 Å². The highest BCUT2D eigenvalue weighted by molar-refractivity contribution is 7.13. The zero-order valence-corrected chi connectivity index (χ0v) is 4.94. The van der Waals surface area contributed by atoms with E-state index < -0.39 is 0 Å². The average molecular weight is 101 g/mol. The minimum absolute atomic E-state index is 0.765. The monoisotopic (exact) mass is 101 g/mol. The van der Waals surface area contributed by atoms with Crippen molar-refractivity contribution in [3.05, 3.63) is 0 Å². The van der Waals surface area contributed by atoms with Gasteiger partial charge in [0.2, 0.25) is 0 Å². The van der Waals surface area contributed by atoms with Crippen molar-refractivity contribution in [1.29, 1.82) is 0 Å². The van der Waals surface area contributed by atoms with Gasteiger partial charge in [0.25, 0.3) is 0 Å². The molecule has 6 heavy (non-hydrogen) atoms. The molecule has 0 aromatic rings. The zero-order valence-electron chi connectivity index (χ0n) is 3.78. The lowest BCUT2D eigenvalue weighted by atomic mass is 10.6. The van der Waals surface area contributed by atoms with E-state index in [-0.39, 0.29) is 0 Å². The zero-order chi connectivity index (χ0) is 4.83. The number of nitrogens with one attached hydrogen (secondary N) is 1. The van der Waals surface area contributed by atoms with Gasteiger partial charge in [0.15, 0.2) is 0 Å². The second-order valence-electron chi connectivity index (χ2n) is 0.808. The van der Waals surface area contributed by atoms with Gasteiger partial charge in [0.1, 0.15) is 0 Å². The summed E-state index contributed by atoms with van der Waals surface area (Å²) in [4.78, 5) is 0. The Balaban J connectivity index is 2.79. The quantitative estimate of drug-likeness (QED) is 0.372. The van der Waals surface area contributed by atoms with Gasteiger partial charge in [-0.3, -0.25) is 5.09 Å². The van der Waals surface area contributed by atoms with Crippen LogP contribution in [0.5, 0.6) is 0 Å². The van der Waals surface area contributed by atoms with E-state index >= 15 is 0 Å². The maximum absolute atomic E-state index is 2.82. The highest BCUT2D eigenvalue weighted by Crippen LogP contribution is 1.61. The Labute approximate surface area is 40.8 Å². The van der Waals surface area contributed by atoms with Crippen LogP contribution in [0.1, 0.15) is 6.92 Å². The van der Waals surface area contributed by atoms with Crippen LogP contribution < -0.4 is 5.09 Å². The van der Waals surface area contributed by atoms with Gasteiger partial charge >= 0.3 is 0 Å². The standard InChI is InChI=1S/C4H8NP/c1-2-3-4-5-6/h5H,4,6H2,1H3. The third-order valence-electron chi connectivity index (χ3n) is 0.367. The summed E-state index contributed by atoms with van der Waals surface area (Å²) in [5, 5.41) is 2.81. The summed E-state index contributed by atoms with van der Waals surface area (Å²) in [5.41, 5.74) is 0. The Morgan fingerprint density at radius 1 is 1.83 bits per heavy atom. The summed E-state index contributed by atoms with van der Waals surface area (Å²) >= 11 is 0. The van der Waals surface area contributed by atoms with Crippen molar-refractivity contribution in [1.82, 2.24) is 5.09 Å². The smallest absolute Gasteiger partial charge is 0.0605 e. The van der Waals surface area contributed by atoms with Crippen molar-refractivity contribution < 1.29 is 0 Å². The highest BCUT2D eigenvalue weighted by Gasteiger charge is 1.59. The van der Waals surface area contributed by atoms with E-state index in [1.165, 1.54) is 0 Å². The number of hydrogen-bond donors (Lipinski definition) is 1. The Bertz CT molecular complexity index is 69.4. The molecule has 0 saturated carbocycles. The first-order valence-corrected chi connectivity index (χ1v) is 2.32.